The van der Waals surface area contributed by atoms with Crippen LogP contribution in [0.3, 0.4) is 0 Å². The van der Waals surface area contributed by atoms with E-state index in [1.54, 1.807) is 0 Å². The van der Waals surface area contributed by atoms with Crippen molar-refractivity contribution in [1.29, 1.82) is 5.26 Å². The molecule has 0 aliphatic rings. The van der Waals surface area contributed by atoms with Gasteiger partial charge in [-0.25, -0.2) is 13.1 Å². The quantitative estimate of drug-likeness (QED) is 0.414. The number of nitrogens with zero attached hydrogens (tertiary/aromatic N) is 2. The zero-order valence-electron chi connectivity index (χ0n) is 17.5. The van der Waals surface area contributed by atoms with Crippen LogP contribution in [0.4, 0.5) is 5.69 Å². The third kappa shape index (κ3) is 4.08. The van der Waals surface area contributed by atoms with Crippen molar-refractivity contribution in [2.24, 2.45) is 0 Å². The van der Waals surface area contributed by atoms with Crippen LogP contribution in [0, 0.1) is 11.3 Å². The fourth-order valence-electron chi connectivity index (χ4n) is 3.79. The van der Waals surface area contributed by atoms with Gasteiger partial charge in [0, 0.05) is 52.6 Å². The van der Waals surface area contributed by atoms with E-state index in [4.69, 9.17) is 5.26 Å². The van der Waals surface area contributed by atoms with Crippen molar-refractivity contribution in [3.63, 3.8) is 0 Å². The van der Waals surface area contributed by atoms with E-state index in [0.717, 1.165) is 28.4 Å². The van der Waals surface area contributed by atoms with Gasteiger partial charge in [0.05, 0.1) is 11.0 Å². The van der Waals surface area contributed by atoms with Gasteiger partial charge in [0.25, 0.3) is 5.91 Å². The zero-order valence-corrected chi connectivity index (χ0v) is 18.3. The van der Waals surface area contributed by atoms with Crippen molar-refractivity contribution in [2.75, 3.05) is 11.9 Å². The smallest absolute Gasteiger partial charge is 0.255 e. The summed E-state index contributed by atoms with van der Waals surface area (Å²) >= 11 is 0. The Balaban J connectivity index is 1.56. The highest BCUT2D eigenvalue weighted by molar-refractivity contribution is 7.89. The number of sulfonamides is 1. The topological polar surface area (TPSA) is 104 Å². The number of aryl methyl sites for hydroxylation is 1. The second-order valence-corrected chi connectivity index (χ2v) is 9.04. The lowest BCUT2D eigenvalue weighted by molar-refractivity contribution is 0.102. The van der Waals surface area contributed by atoms with Crippen LogP contribution in [0.5, 0.6) is 0 Å². The summed E-state index contributed by atoms with van der Waals surface area (Å²) in [4.78, 5) is 12.8. The molecule has 2 N–H and O–H groups in total. The van der Waals surface area contributed by atoms with E-state index in [9.17, 15) is 13.2 Å². The molecule has 0 aliphatic carbocycles. The molecule has 0 saturated heterocycles. The minimum Gasteiger partial charge on any atom is -0.341 e. The summed E-state index contributed by atoms with van der Waals surface area (Å²) < 4.78 is 29.0. The first-order chi connectivity index (χ1) is 15.4. The molecule has 0 unspecified atom stereocenters. The minimum absolute atomic E-state index is 0.0397. The van der Waals surface area contributed by atoms with Crippen molar-refractivity contribution in [2.45, 2.75) is 24.8 Å². The average Bonchev–Trinajstić information content (AvgIpc) is 3.12. The van der Waals surface area contributed by atoms with Crippen molar-refractivity contribution in [1.82, 2.24) is 9.29 Å². The first kappa shape index (κ1) is 21.6. The predicted molar refractivity (Wildman–Crippen MR) is 125 cm³/mol. The van der Waals surface area contributed by atoms with E-state index in [0.29, 0.717) is 11.3 Å². The molecule has 0 saturated carbocycles. The molecular weight excluding hydrogens is 424 g/mol. The number of benzene rings is 3. The number of rotatable bonds is 7. The second kappa shape index (κ2) is 8.83. The molecule has 4 aromatic rings. The first-order valence-corrected chi connectivity index (χ1v) is 11.7. The lowest BCUT2D eigenvalue weighted by atomic mass is 10.1. The molecule has 3 aromatic carbocycles. The molecular formula is C24H22N4O3S. The maximum atomic E-state index is 12.7. The molecule has 1 amide bonds. The number of nitriles is 1. The van der Waals surface area contributed by atoms with Gasteiger partial charge in [0.15, 0.2) is 0 Å². The Morgan fingerprint density at radius 1 is 1.00 bits per heavy atom. The summed E-state index contributed by atoms with van der Waals surface area (Å²) in [5.41, 5.74) is 3.26. The second-order valence-electron chi connectivity index (χ2n) is 7.28. The van der Waals surface area contributed by atoms with Crippen LogP contribution in [0.1, 0.15) is 23.7 Å². The minimum atomic E-state index is -3.71. The molecule has 0 aliphatic heterocycles. The van der Waals surface area contributed by atoms with Gasteiger partial charge in [-0.3, -0.25) is 4.79 Å². The highest BCUT2D eigenvalue weighted by atomic mass is 32.2. The Morgan fingerprint density at radius 3 is 2.44 bits per heavy atom. The zero-order chi connectivity index (χ0) is 22.7. The summed E-state index contributed by atoms with van der Waals surface area (Å²) in [6.07, 6.45) is 0.0843. The normalized spacial score (nSPS) is 11.5. The molecule has 4 rings (SSSR count). The van der Waals surface area contributed by atoms with Gasteiger partial charge in [-0.1, -0.05) is 18.2 Å². The summed E-state index contributed by atoms with van der Waals surface area (Å²) in [5, 5.41) is 13.6. The van der Waals surface area contributed by atoms with E-state index in [1.807, 2.05) is 36.4 Å². The van der Waals surface area contributed by atoms with Crippen molar-refractivity contribution < 1.29 is 13.2 Å². The van der Waals surface area contributed by atoms with Gasteiger partial charge in [-0.2, -0.15) is 5.26 Å². The van der Waals surface area contributed by atoms with E-state index < -0.39 is 10.0 Å². The summed E-state index contributed by atoms with van der Waals surface area (Å²) in [6.45, 7) is 2.98. The fraction of sp³-hybridized carbons (Fsp3) is 0.167. The Bertz CT molecular complexity index is 1450. The van der Waals surface area contributed by atoms with Gasteiger partial charge in [0.2, 0.25) is 10.0 Å². The number of anilines is 1. The van der Waals surface area contributed by atoms with Gasteiger partial charge in [0.1, 0.15) is 0 Å². The number of amides is 1. The SMILES string of the molecule is CCn1c2ccccc2c2cc(NC(=O)c3ccc(S(=O)(=O)NCCC#N)cc3)ccc21. The maximum Gasteiger partial charge on any atom is 0.255 e. The molecule has 162 valence electrons. The Labute approximate surface area is 186 Å². The molecule has 1 heterocycles. The number of carbonyl (C=O) groups is 1. The van der Waals surface area contributed by atoms with Crippen LogP contribution in [-0.4, -0.2) is 25.4 Å². The summed E-state index contributed by atoms with van der Waals surface area (Å²) in [7, 11) is -3.71. The van der Waals surface area contributed by atoms with E-state index in [2.05, 4.69) is 33.7 Å². The third-order valence-corrected chi connectivity index (χ3v) is 6.78. The number of nitrogens with one attached hydrogen (secondary N) is 2. The average molecular weight is 447 g/mol. The molecule has 0 fully saturated rings. The van der Waals surface area contributed by atoms with Crippen molar-refractivity contribution in [3.05, 3.63) is 72.3 Å². The number of carbonyl (C=O) groups excluding carboxylic acids is 1. The van der Waals surface area contributed by atoms with Crippen LogP contribution in [0.25, 0.3) is 21.8 Å². The lowest BCUT2D eigenvalue weighted by Crippen LogP contribution is -2.24. The number of aromatic nitrogens is 1. The Morgan fingerprint density at radius 2 is 1.72 bits per heavy atom. The van der Waals surface area contributed by atoms with Gasteiger partial charge in [-0.15, -0.1) is 0 Å². The Kier molecular flexibility index (Phi) is 5.95. The standard InChI is InChI=1S/C24H22N4O3S/c1-2-28-22-7-4-3-6-20(22)21-16-18(10-13-23(21)28)27-24(29)17-8-11-19(12-9-17)32(30,31)26-15-5-14-25/h3-4,6-13,16,26H,2,5,15H2,1H3,(H,27,29). The fourth-order valence-corrected chi connectivity index (χ4v) is 4.82. The molecule has 8 heteroatoms. The lowest BCUT2D eigenvalue weighted by Gasteiger charge is -2.08. The van der Waals surface area contributed by atoms with Gasteiger partial charge >= 0.3 is 0 Å². The third-order valence-electron chi connectivity index (χ3n) is 5.30. The van der Waals surface area contributed by atoms with Crippen LogP contribution in [-0.2, 0) is 16.6 Å². The summed E-state index contributed by atoms with van der Waals surface area (Å²) in [5.74, 6) is -0.329. The van der Waals surface area contributed by atoms with E-state index >= 15 is 0 Å². The highest BCUT2D eigenvalue weighted by Crippen LogP contribution is 2.31. The highest BCUT2D eigenvalue weighted by Gasteiger charge is 2.15. The predicted octanol–water partition coefficient (Wildman–Crippen LogP) is 4.26. The number of para-hydroxylation sites is 1. The van der Waals surface area contributed by atoms with Crippen LogP contribution >= 0.6 is 0 Å². The number of fused-ring (bicyclic) bond motifs is 3. The maximum absolute atomic E-state index is 12.7. The van der Waals surface area contributed by atoms with Gasteiger partial charge < -0.3 is 9.88 Å². The van der Waals surface area contributed by atoms with Crippen molar-refractivity contribution >= 4 is 43.4 Å². The molecule has 0 radical (unpaired) electrons. The largest absolute Gasteiger partial charge is 0.341 e. The Hall–Kier alpha value is -3.67. The molecule has 1 aromatic heterocycles. The number of hydrogen-bond acceptors (Lipinski definition) is 4. The number of hydrogen-bond donors (Lipinski definition) is 2. The summed E-state index contributed by atoms with van der Waals surface area (Å²) in [6, 6.07) is 21.6. The van der Waals surface area contributed by atoms with Crippen LogP contribution in [0.15, 0.2) is 71.6 Å². The molecule has 0 bridgehead atoms. The van der Waals surface area contributed by atoms with Gasteiger partial charge in [-0.05, 0) is 55.5 Å². The first-order valence-electron chi connectivity index (χ1n) is 10.2. The van der Waals surface area contributed by atoms with Crippen molar-refractivity contribution in [3.8, 4) is 6.07 Å². The molecule has 0 spiro atoms. The molecule has 0 atom stereocenters. The monoisotopic (exact) mass is 446 g/mol. The van der Waals surface area contributed by atoms with Crippen LogP contribution in [0.2, 0.25) is 0 Å². The molecule has 7 nitrogen and oxygen atoms in total. The van der Waals surface area contributed by atoms with Crippen LogP contribution < -0.4 is 10.0 Å². The molecule has 32 heavy (non-hydrogen) atoms. The van der Waals surface area contributed by atoms with E-state index in [-0.39, 0.29) is 23.8 Å². The van der Waals surface area contributed by atoms with E-state index in [1.165, 1.54) is 24.3 Å².